The zero-order valence-corrected chi connectivity index (χ0v) is 14.5. The Morgan fingerprint density at radius 1 is 1.39 bits per heavy atom. The van der Waals surface area contributed by atoms with E-state index in [0.29, 0.717) is 31.1 Å². The molecule has 1 aliphatic rings. The Labute approximate surface area is 142 Å². The fourth-order valence-corrected chi connectivity index (χ4v) is 2.38. The lowest BCUT2D eigenvalue weighted by Gasteiger charge is -2.28. The van der Waals surface area contributed by atoms with Gasteiger partial charge < -0.3 is 16.4 Å². The molecule has 130 valence electrons. The summed E-state index contributed by atoms with van der Waals surface area (Å²) in [6.07, 6.45) is 6.70. The topological polar surface area (TPSA) is 102 Å². The lowest BCUT2D eigenvalue weighted by Crippen LogP contribution is -2.41. The van der Waals surface area contributed by atoms with Gasteiger partial charge in [0.05, 0.1) is 17.3 Å². The molecule has 0 bridgehead atoms. The van der Waals surface area contributed by atoms with Gasteiger partial charge >= 0.3 is 0 Å². The fraction of sp³-hybridized carbons (Fsp3) is 0.667. The second-order valence-electron chi connectivity index (χ2n) is 5.91. The fourth-order valence-electron chi connectivity index (χ4n) is 2.38. The first kappa shape index (κ1) is 19.4. The molecule has 7 nitrogen and oxygen atoms in total. The highest BCUT2D eigenvalue weighted by Gasteiger charge is 2.33. The van der Waals surface area contributed by atoms with E-state index in [9.17, 15) is 9.59 Å². The average Bonchev–Trinajstić information content (AvgIpc) is 3.20. The molecule has 1 fully saturated rings. The van der Waals surface area contributed by atoms with Gasteiger partial charge in [0.25, 0.3) is 0 Å². The Hall–Kier alpha value is -1.60. The summed E-state index contributed by atoms with van der Waals surface area (Å²) in [5.74, 6) is -0.149. The first-order chi connectivity index (χ1) is 10.5. The summed E-state index contributed by atoms with van der Waals surface area (Å²) in [6.45, 7) is 4.39. The number of nitrogens with zero attached hydrogens (tertiary/aromatic N) is 2. The lowest BCUT2D eigenvalue weighted by atomic mass is 9.81. The number of carbonyl (C=O) groups is 2. The first-order valence-corrected chi connectivity index (χ1v) is 7.86. The van der Waals surface area contributed by atoms with Gasteiger partial charge in [0, 0.05) is 18.8 Å². The zero-order chi connectivity index (χ0) is 16.2. The standard InChI is InChI=1S/C15H25N5O2.ClH/c1-3-15(4-2,10-16)14(22)19-12-7-17-20(8-12)9-13(21)18-11-5-6-11;/h7-8,11H,3-6,9-10,16H2,1-2H3,(H,18,21)(H,19,22);1H. The van der Waals surface area contributed by atoms with Gasteiger partial charge in [0.2, 0.25) is 11.8 Å². The summed E-state index contributed by atoms with van der Waals surface area (Å²) in [4.78, 5) is 24.1. The molecule has 1 aliphatic carbocycles. The van der Waals surface area contributed by atoms with Gasteiger partial charge in [-0.15, -0.1) is 12.4 Å². The second kappa shape index (κ2) is 8.31. The molecule has 4 N–H and O–H groups in total. The van der Waals surface area contributed by atoms with Crippen LogP contribution in [0.2, 0.25) is 0 Å². The van der Waals surface area contributed by atoms with Crippen molar-refractivity contribution in [3.8, 4) is 0 Å². The molecule has 1 aromatic heterocycles. The predicted molar refractivity (Wildman–Crippen MR) is 91.3 cm³/mol. The van der Waals surface area contributed by atoms with Crippen molar-refractivity contribution < 1.29 is 9.59 Å². The molecule has 2 amide bonds. The minimum atomic E-state index is -0.550. The summed E-state index contributed by atoms with van der Waals surface area (Å²) in [5, 5.41) is 9.86. The number of rotatable bonds is 8. The van der Waals surface area contributed by atoms with Crippen LogP contribution in [0, 0.1) is 5.41 Å². The van der Waals surface area contributed by atoms with Crippen molar-refractivity contribution >= 4 is 29.9 Å². The number of hydrogen-bond donors (Lipinski definition) is 3. The number of nitrogens with two attached hydrogens (primary N) is 1. The largest absolute Gasteiger partial charge is 0.352 e. The summed E-state index contributed by atoms with van der Waals surface area (Å²) in [6, 6.07) is 0.335. The van der Waals surface area contributed by atoms with E-state index < -0.39 is 5.41 Å². The molecule has 1 aromatic rings. The number of hydrogen-bond acceptors (Lipinski definition) is 4. The van der Waals surface area contributed by atoms with E-state index in [1.165, 1.54) is 4.68 Å². The quantitative estimate of drug-likeness (QED) is 0.661. The number of carbonyl (C=O) groups excluding carboxylic acids is 2. The van der Waals surface area contributed by atoms with Crippen molar-refractivity contribution in [1.29, 1.82) is 0 Å². The molecule has 0 atom stereocenters. The van der Waals surface area contributed by atoms with Crippen LogP contribution in [0.5, 0.6) is 0 Å². The molecule has 8 heteroatoms. The number of aromatic nitrogens is 2. The first-order valence-electron chi connectivity index (χ1n) is 7.86. The van der Waals surface area contributed by atoms with Gasteiger partial charge in [-0.3, -0.25) is 14.3 Å². The molecular weight excluding hydrogens is 318 g/mol. The number of anilines is 1. The average molecular weight is 344 g/mol. The van der Waals surface area contributed by atoms with Crippen LogP contribution in [0.3, 0.4) is 0 Å². The minimum absolute atomic E-state index is 0. The Morgan fingerprint density at radius 3 is 2.57 bits per heavy atom. The van der Waals surface area contributed by atoms with E-state index in [1.807, 2.05) is 13.8 Å². The van der Waals surface area contributed by atoms with Crippen LogP contribution in [-0.4, -0.2) is 34.2 Å². The third-order valence-electron chi connectivity index (χ3n) is 4.37. The summed E-state index contributed by atoms with van der Waals surface area (Å²) in [5.41, 5.74) is 5.81. The van der Waals surface area contributed by atoms with E-state index in [4.69, 9.17) is 5.73 Å². The van der Waals surface area contributed by atoms with Crippen molar-refractivity contribution in [3.63, 3.8) is 0 Å². The third kappa shape index (κ3) is 4.94. The molecule has 0 aliphatic heterocycles. The molecule has 0 unspecified atom stereocenters. The van der Waals surface area contributed by atoms with Gasteiger partial charge in [-0.05, 0) is 25.7 Å². The maximum absolute atomic E-state index is 12.4. The van der Waals surface area contributed by atoms with Crippen molar-refractivity contribution in [1.82, 2.24) is 15.1 Å². The summed E-state index contributed by atoms with van der Waals surface area (Å²) >= 11 is 0. The smallest absolute Gasteiger partial charge is 0.241 e. The van der Waals surface area contributed by atoms with Crippen molar-refractivity contribution in [3.05, 3.63) is 12.4 Å². The van der Waals surface area contributed by atoms with Crippen LogP contribution in [-0.2, 0) is 16.1 Å². The highest BCUT2D eigenvalue weighted by molar-refractivity contribution is 5.95. The molecule has 0 radical (unpaired) electrons. The molecule has 23 heavy (non-hydrogen) atoms. The normalized spacial score (nSPS) is 14.0. The monoisotopic (exact) mass is 343 g/mol. The van der Waals surface area contributed by atoms with Gasteiger partial charge in [-0.2, -0.15) is 5.10 Å². The van der Waals surface area contributed by atoms with E-state index in [1.54, 1.807) is 12.4 Å². The van der Waals surface area contributed by atoms with E-state index in [0.717, 1.165) is 12.8 Å². The van der Waals surface area contributed by atoms with Gasteiger partial charge in [-0.25, -0.2) is 0 Å². The van der Waals surface area contributed by atoms with Gasteiger partial charge in [-0.1, -0.05) is 13.8 Å². The van der Waals surface area contributed by atoms with E-state index in [-0.39, 0.29) is 30.8 Å². The van der Waals surface area contributed by atoms with Crippen molar-refractivity contribution in [2.45, 2.75) is 52.1 Å². The Morgan fingerprint density at radius 2 is 2.04 bits per heavy atom. The zero-order valence-electron chi connectivity index (χ0n) is 13.7. The highest BCUT2D eigenvalue weighted by atomic mass is 35.5. The predicted octanol–water partition coefficient (Wildman–Crippen LogP) is 1.29. The molecule has 1 saturated carbocycles. The summed E-state index contributed by atoms with van der Waals surface area (Å²) in [7, 11) is 0. The van der Waals surface area contributed by atoms with E-state index in [2.05, 4.69) is 15.7 Å². The number of nitrogens with one attached hydrogen (secondary N) is 2. The maximum atomic E-state index is 12.4. The molecule has 0 spiro atoms. The van der Waals surface area contributed by atoms with Crippen molar-refractivity contribution in [2.24, 2.45) is 11.1 Å². The van der Waals surface area contributed by atoms with E-state index >= 15 is 0 Å². The SMILES string of the molecule is CCC(CC)(CN)C(=O)Nc1cnn(CC(=O)NC2CC2)c1.Cl. The van der Waals surface area contributed by atoms with Crippen LogP contribution < -0.4 is 16.4 Å². The van der Waals surface area contributed by atoms with Gasteiger partial charge in [0.15, 0.2) is 0 Å². The Balaban J connectivity index is 0.00000264. The van der Waals surface area contributed by atoms with Crippen LogP contribution in [0.25, 0.3) is 0 Å². The molecule has 1 heterocycles. The van der Waals surface area contributed by atoms with Crippen LogP contribution in [0.15, 0.2) is 12.4 Å². The molecule has 2 rings (SSSR count). The Bertz CT molecular complexity index is 529. The van der Waals surface area contributed by atoms with Crippen LogP contribution in [0.4, 0.5) is 5.69 Å². The molecule has 0 aromatic carbocycles. The highest BCUT2D eigenvalue weighted by Crippen LogP contribution is 2.26. The second-order valence-corrected chi connectivity index (χ2v) is 5.91. The van der Waals surface area contributed by atoms with Crippen LogP contribution >= 0.6 is 12.4 Å². The third-order valence-corrected chi connectivity index (χ3v) is 4.37. The maximum Gasteiger partial charge on any atom is 0.241 e. The van der Waals surface area contributed by atoms with Crippen molar-refractivity contribution in [2.75, 3.05) is 11.9 Å². The molecule has 0 saturated heterocycles. The minimum Gasteiger partial charge on any atom is -0.352 e. The molecular formula is C15H26ClN5O2. The Kier molecular flexibility index (Phi) is 7.02. The summed E-state index contributed by atoms with van der Waals surface area (Å²) < 4.78 is 1.52. The lowest BCUT2D eigenvalue weighted by molar-refractivity contribution is -0.125. The van der Waals surface area contributed by atoms with Crippen LogP contribution in [0.1, 0.15) is 39.5 Å². The number of halogens is 1. The number of amides is 2. The van der Waals surface area contributed by atoms with Gasteiger partial charge in [0.1, 0.15) is 6.54 Å².